The van der Waals surface area contributed by atoms with Crippen molar-refractivity contribution in [2.45, 2.75) is 32.2 Å². The number of rotatable bonds is 4. The number of hydrogen-bond acceptors (Lipinski definition) is 2. The molecular weight excluding hydrogens is 248 g/mol. The van der Waals surface area contributed by atoms with Gasteiger partial charge in [-0.3, -0.25) is 4.79 Å². The van der Waals surface area contributed by atoms with Crippen LogP contribution in [0.4, 0.5) is 5.69 Å². The van der Waals surface area contributed by atoms with Gasteiger partial charge in [-0.15, -0.1) is 12.4 Å². The molecule has 0 aliphatic carbocycles. The Morgan fingerprint density at radius 1 is 1.39 bits per heavy atom. The Morgan fingerprint density at radius 3 is 2.78 bits per heavy atom. The van der Waals surface area contributed by atoms with Gasteiger partial charge in [-0.2, -0.15) is 0 Å². The molecule has 0 aromatic heterocycles. The Hall–Kier alpha value is -1.22. The lowest BCUT2D eigenvalue weighted by atomic mass is 10.2. The fraction of sp³-hybridized carbons (Fsp3) is 0.500. The van der Waals surface area contributed by atoms with Gasteiger partial charge < -0.3 is 10.2 Å². The number of para-hydroxylation sites is 1. The van der Waals surface area contributed by atoms with Crippen molar-refractivity contribution in [3.8, 4) is 0 Å². The summed E-state index contributed by atoms with van der Waals surface area (Å²) in [5, 5.41) is 3.17. The number of carbonyl (C=O) groups excluding carboxylic acids is 1. The predicted molar refractivity (Wildman–Crippen MR) is 77.2 cm³/mol. The van der Waals surface area contributed by atoms with Crippen molar-refractivity contribution in [3.05, 3.63) is 30.3 Å². The van der Waals surface area contributed by atoms with Crippen LogP contribution in [0.2, 0.25) is 0 Å². The van der Waals surface area contributed by atoms with Crippen LogP contribution in [0.5, 0.6) is 0 Å². The van der Waals surface area contributed by atoms with Gasteiger partial charge in [-0.25, -0.2) is 0 Å². The molecule has 1 amide bonds. The molecule has 1 unspecified atom stereocenters. The maximum Gasteiger partial charge on any atom is 0.242 e. The third-order valence-electron chi connectivity index (χ3n) is 3.39. The maximum absolute atomic E-state index is 12.1. The van der Waals surface area contributed by atoms with E-state index in [-0.39, 0.29) is 18.3 Å². The van der Waals surface area contributed by atoms with Crippen LogP contribution in [0.15, 0.2) is 30.3 Å². The summed E-state index contributed by atoms with van der Waals surface area (Å²) in [6.07, 6.45) is 3.38. The molecule has 2 rings (SSSR count). The largest absolute Gasteiger partial charge is 0.376 e. The van der Waals surface area contributed by atoms with E-state index in [2.05, 4.69) is 12.2 Å². The van der Waals surface area contributed by atoms with Crippen molar-refractivity contribution in [2.24, 2.45) is 0 Å². The molecule has 100 valence electrons. The SMILES string of the molecule is CCC1CCCN1C(=O)CNc1ccccc1.Cl. The van der Waals surface area contributed by atoms with Crippen LogP contribution in [0.1, 0.15) is 26.2 Å². The second kappa shape index (κ2) is 7.27. The second-order valence-corrected chi connectivity index (χ2v) is 4.51. The summed E-state index contributed by atoms with van der Waals surface area (Å²) in [7, 11) is 0. The van der Waals surface area contributed by atoms with Crippen molar-refractivity contribution >= 4 is 24.0 Å². The maximum atomic E-state index is 12.1. The smallest absolute Gasteiger partial charge is 0.242 e. The molecule has 1 aromatic rings. The zero-order chi connectivity index (χ0) is 12.1. The molecule has 1 fully saturated rings. The van der Waals surface area contributed by atoms with Crippen LogP contribution in [-0.2, 0) is 4.79 Å². The molecule has 0 bridgehead atoms. The molecular formula is C14H21ClN2O. The number of carbonyl (C=O) groups is 1. The molecule has 0 saturated carbocycles. The molecule has 1 atom stereocenters. The Bertz CT molecular complexity index is 369. The zero-order valence-electron chi connectivity index (χ0n) is 10.8. The number of nitrogens with zero attached hydrogens (tertiary/aromatic N) is 1. The van der Waals surface area contributed by atoms with Gasteiger partial charge in [0, 0.05) is 18.3 Å². The first-order chi connectivity index (χ1) is 8.31. The van der Waals surface area contributed by atoms with Crippen molar-refractivity contribution < 1.29 is 4.79 Å². The Balaban J connectivity index is 0.00000162. The average Bonchev–Trinajstić information content (AvgIpc) is 2.85. The summed E-state index contributed by atoms with van der Waals surface area (Å²) >= 11 is 0. The van der Waals surface area contributed by atoms with Crippen molar-refractivity contribution in [3.63, 3.8) is 0 Å². The van der Waals surface area contributed by atoms with Crippen LogP contribution >= 0.6 is 12.4 Å². The number of likely N-dealkylation sites (tertiary alicyclic amines) is 1. The highest BCUT2D eigenvalue weighted by molar-refractivity contribution is 5.85. The molecule has 18 heavy (non-hydrogen) atoms. The minimum Gasteiger partial charge on any atom is -0.376 e. The lowest BCUT2D eigenvalue weighted by Crippen LogP contribution is -2.38. The van der Waals surface area contributed by atoms with Gasteiger partial charge in [0.1, 0.15) is 0 Å². The highest BCUT2D eigenvalue weighted by atomic mass is 35.5. The molecule has 1 heterocycles. The van der Waals surface area contributed by atoms with E-state index in [1.807, 2.05) is 35.2 Å². The number of anilines is 1. The molecule has 4 heteroatoms. The molecule has 1 saturated heterocycles. The van der Waals surface area contributed by atoms with E-state index in [0.717, 1.165) is 31.5 Å². The lowest BCUT2D eigenvalue weighted by molar-refractivity contribution is -0.130. The summed E-state index contributed by atoms with van der Waals surface area (Å²) in [6, 6.07) is 10.3. The van der Waals surface area contributed by atoms with E-state index >= 15 is 0 Å². The van der Waals surface area contributed by atoms with Crippen LogP contribution < -0.4 is 5.32 Å². The fourth-order valence-electron chi connectivity index (χ4n) is 2.42. The molecule has 0 spiro atoms. The fourth-order valence-corrected chi connectivity index (χ4v) is 2.42. The third kappa shape index (κ3) is 3.64. The lowest BCUT2D eigenvalue weighted by Gasteiger charge is -2.23. The minimum atomic E-state index is 0. The highest BCUT2D eigenvalue weighted by Crippen LogP contribution is 2.19. The standard InChI is InChI=1S/C14H20N2O.ClH/c1-2-13-9-6-10-16(13)14(17)11-15-12-7-4-3-5-8-12;/h3-5,7-8,13,15H,2,6,9-11H2,1H3;1H. The summed E-state index contributed by atoms with van der Waals surface area (Å²) in [5.41, 5.74) is 1.01. The van der Waals surface area contributed by atoms with Gasteiger partial charge in [0.15, 0.2) is 0 Å². The van der Waals surface area contributed by atoms with Crippen molar-refractivity contribution in [1.29, 1.82) is 0 Å². The molecule has 3 nitrogen and oxygen atoms in total. The normalized spacial score (nSPS) is 18.3. The molecule has 1 aliphatic rings. The van der Waals surface area contributed by atoms with Gasteiger partial charge in [-0.05, 0) is 31.4 Å². The number of amides is 1. The quantitative estimate of drug-likeness (QED) is 0.911. The van der Waals surface area contributed by atoms with Gasteiger partial charge in [0.25, 0.3) is 0 Å². The number of nitrogens with one attached hydrogen (secondary N) is 1. The van der Waals surface area contributed by atoms with Gasteiger partial charge in [0.2, 0.25) is 5.91 Å². The second-order valence-electron chi connectivity index (χ2n) is 4.51. The topological polar surface area (TPSA) is 32.3 Å². The number of halogens is 1. The summed E-state index contributed by atoms with van der Waals surface area (Å²) in [5.74, 6) is 0.221. The van der Waals surface area contributed by atoms with Crippen LogP contribution in [0, 0.1) is 0 Å². The zero-order valence-corrected chi connectivity index (χ0v) is 11.6. The van der Waals surface area contributed by atoms with Crippen molar-refractivity contribution in [1.82, 2.24) is 4.90 Å². The van der Waals surface area contributed by atoms with E-state index < -0.39 is 0 Å². The van der Waals surface area contributed by atoms with E-state index in [9.17, 15) is 4.79 Å². The Labute approximate surface area is 115 Å². The third-order valence-corrected chi connectivity index (χ3v) is 3.39. The van der Waals surface area contributed by atoms with Crippen molar-refractivity contribution in [2.75, 3.05) is 18.4 Å². The summed E-state index contributed by atoms with van der Waals surface area (Å²) < 4.78 is 0. The van der Waals surface area contributed by atoms with Gasteiger partial charge >= 0.3 is 0 Å². The first kappa shape index (κ1) is 14.8. The van der Waals surface area contributed by atoms with Gasteiger partial charge in [-0.1, -0.05) is 25.1 Å². The van der Waals surface area contributed by atoms with Crippen LogP contribution in [0.25, 0.3) is 0 Å². The van der Waals surface area contributed by atoms with E-state index in [1.54, 1.807) is 0 Å². The van der Waals surface area contributed by atoms with E-state index in [4.69, 9.17) is 0 Å². The molecule has 1 aromatic carbocycles. The number of benzene rings is 1. The summed E-state index contributed by atoms with van der Waals surface area (Å²) in [4.78, 5) is 14.1. The summed E-state index contributed by atoms with van der Waals surface area (Å²) in [6.45, 7) is 3.48. The van der Waals surface area contributed by atoms with Crippen LogP contribution in [-0.4, -0.2) is 29.9 Å². The molecule has 1 N–H and O–H groups in total. The molecule has 0 radical (unpaired) electrons. The first-order valence-electron chi connectivity index (χ1n) is 6.39. The minimum absolute atomic E-state index is 0. The monoisotopic (exact) mass is 268 g/mol. The van der Waals surface area contributed by atoms with E-state index in [0.29, 0.717) is 12.6 Å². The molecule has 1 aliphatic heterocycles. The van der Waals surface area contributed by atoms with Gasteiger partial charge in [0.05, 0.1) is 6.54 Å². The van der Waals surface area contributed by atoms with E-state index in [1.165, 1.54) is 0 Å². The Morgan fingerprint density at radius 2 is 2.11 bits per heavy atom. The number of hydrogen-bond donors (Lipinski definition) is 1. The average molecular weight is 269 g/mol. The Kier molecular flexibility index (Phi) is 5.99. The first-order valence-corrected chi connectivity index (χ1v) is 6.39. The highest BCUT2D eigenvalue weighted by Gasteiger charge is 2.26. The van der Waals surface area contributed by atoms with Crippen LogP contribution in [0.3, 0.4) is 0 Å². The predicted octanol–water partition coefficient (Wildman–Crippen LogP) is 2.92.